The van der Waals surface area contributed by atoms with E-state index in [1.54, 1.807) is 45.3 Å². The van der Waals surface area contributed by atoms with E-state index >= 15 is 0 Å². The Morgan fingerprint density at radius 3 is 2.29 bits per heavy atom. The van der Waals surface area contributed by atoms with Gasteiger partial charge in [0.05, 0.1) is 12.6 Å². The van der Waals surface area contributed by atoms with Gasteiger partial charge in [-0.25, -0.2) is 4.79 Å². The molecule has 94 valence electrons. The lowest BCUT2D eigenvalue weighted by molar-refractivity contribution is 0.190. The zero-order valence-electron chi connectivity index (χ0n) is 10.2. The van der Waals surface area contributed by atoms with Gasteiger partial charge in [0.1, 0.15) is 0 Å². The van der Waals surface area contributed by atoms with Crippen molar-refractivity contribution < 1.29 is 9.90 Å². The molecule has 0 aliphatic rings. The Labute approximate surface area is 106 Å². The average Bonchev–Trinajstić information content (AvgIpc) is 2.26. The predicted octanol–water partition coefficient (Wildman–Crippen LogP) is 2.21. The predicted molar refractivity (Wildman–Crippen MR) is 69.6 cm³/mol. The second-order valence-corrected chi connectivity index (χ2v) is 4.55. The number of anilines is 1. The molecule has 0 radical (unpaired) electrons. The van der Waals surface area contributed by atoms with Gasteiger partial charge in [-0.3, -0.25) is 4.90 Å². The van der Waals surface area contributed by atoms with Crippen LogP contribution in [0.15, 0.2) is 24.3 Å². The number of carbonyl (C=O) groups is 1. The van der Waals surface area contributed by atoms with Crippen LogP contribution in [0.3, 0.4) is 0 Å². The molecule has 1 N–H and O–H groups in total. The normalized spacial score (nSPS) is 12.1. The highest BCUT2D eigenvalue weighted by molar-refractivity contribution is 6.30. The minimum Gasteiger partial charge on any atom is -0.392 e. The van der Waals surface area contributed by atoms with Crippen LogP contribution < -0.4 is 4.90 Å². The van der Waals surface area contributed by atoms with Gasteiger partial charge >= 0.3 is 6.03 Å². The molecule has 1 aromatic carbocycles. The van der Waals surface area contributed by atoms with Gasteiger partial charge in [0, 0.05) is 24.8 Å². The van der Waals surface area contributed by atoms with E-state index in [-0.39, 0.29) is 12.6 Å². The number of aliphatic hydroxyl groups excluding tert-OH is 1. The first-order valence-corrected chi connectivity index (χ1v) is 5.72. The highest BCUT2D eigenvalue weighted by Crippen LogP contribution is 2.19. The van der Waals surface area contributed by atoms with Gasteiger partial charge in [0.25, 0.3) is 0 Å². The Morgan fingerprint density at radius 1 is 1.35 bits per heavy atom. The Hall–Kier alpha value is -1.26. The van der Waals surface area contributed by atoms with Crippen LogP contribution in [0.25, 0.3) is 0 Å². The van der Waals surface area contributed by atoms with Gasteiger partial charge in [0.2, 0.25) is 0 Å². The topological polar surface area (TPSA) is 43.8 Å². The summed E-state index contributed by atoms with van der Waals surface area (Å²) in [6.45, 7) is 1.89. The van der Waals surface area contributed by atoms with Crippen molar-refractivity contribution in [3.05, 3.63) is 29.3 Å². The molecule has 4 nitrogen and oxygen atoms in total. The summed E-state index contributed by atoms with van der Waals surface area (Å²) < 4.78 is 0. The lowest BCUT2D eigenvalue weighted by atomic mass is 10.2. The fraction of sp³-hybridized carbons (Fsp3) is 0.417. The van der Waals surface area contributed by atoms with Gasteiger partial charge in [-0.05, 0) is 31.2 Å². The molecule has 1 rings (SSSR count). The van der Waals surface area contributed by atoms with Crippen LogP contribution in [0.5, 0.6) is 0 Å². The van der Waals surface area contributed by atoms with Crippen molar-refractivity contribution in [1.29, 1.82) is 0 Å². The van der Waals surface area contributed by atoms with Crippen molar-refractivity contribution in [3.8, 4) is 0 Å². The molecule has 1 atom stereocenters. The van der Waals surface area contributed by atoms with E-state index in [1.165, 1.54) is 9.80 Å². The third-order valence-electron chi connectivity index (χ3n) is 2.20. The van der Waals surface area contributed by atoms with Crippen LogP contribution in [-0.2, 0) is 0 Å². The SMILES string of the molecule is CC(O)CN(C(=O)N(C)C)c1ccc(Cl)cc1. The van der Waals surface area contributed by atoms with E-state index in [1.807, 2.05) is 0 Å². The minimum atomic E-state index is -0.588. The quantitative estimate of drug-likeness (QED) is 0.901. The number of hydrogen-bond donors (Lipinski definition) is 1. The van der Waals surface area contributed by atoms with Crippen LogP contribution >= 0.6 is 11.6 Å². The molecule has 0 saturated heterocycles. The summed E-state index contributed by atoms with van der Waals surface area (Å²) in [7, 11) is 3.35. The number of aliphatic hydroxyl groups is 1. The third-order valence-corrected chi connectivity index (χ3v) is 2.45. The highest BCUT2D eigenvalue weighted by atomic mass is 35.5. The Bertz CT molecular complexity index is 377. The van der Waals surface area contributed by atoms with E-state index in [0.29, 0.717) is 10.7 Å². The molecule has 1 unspecified atom stereocenters. The summed E-state index contributed by atoms with van der Waals surface area (Å²) >= 11 is 5.80. The molecule has 5 heteroatoms. The number of nitrogens with zero attached hydrogens (tertiary/aromatic N) is 2. The van der Waals surface area contributed by atoms with Crippen LogP contribution in [0.1, 0.15) is 6.92 Å². The molecular weight excluding hydrogens is 240 g/mol. The minimum absolute atomic E-state index is 0.173. The molecule has 0 aliphatic heterocycles. The molecule has 0 fully saturated rings. The highest BCUT2D eigenvalue weighted by Gasteiger charge is 2.18. The summed E-state index contributed by atoms with van der Waals surface area (Å²) in [5.41, 5.74) is 0.717. The first-order chi connectivity index (χ1) is 7.91. The number of carbonyl (C=O) groups excluding carboxylic acids is 1. The molecule has 0 aliphatic carbocycles. The van der Waals surface area contributed by atoms with E-state index in [4.69, 9.17) is 11.6 Å². The number of halogens is 1. The van der Waals surface area contributed by atoms with Crippen molar-refractivity contribution >= 4 is 23.3 Å². The molecule has 0 saturated carbocycles. The third kappa shape index (κ3) is 3.91. The van der Waals surface area contributed by atoms with E-state index in [9.17, 15) is 9.90 Å². The summed E-state index contributed by atoms with van der Waals surface area (Å²) in [5, 5.41) is 10.0. The number of urea groups is 1. The zero-order valence-corrected chi connectivity index (χ0v) is 11.0. The van der Waals surface area contributed by atoms with Gasteiger partial charge in [-0.2, -0.15) is 0 Å². The van der Waals surface area contributed by atoms with Crippen LogP contribution in [0, 0.1) is 0 Å². The van der Waals surface area contributed by atoms with Crippen molar-refractivity contribution in [2.75, 3.05) is 25.5 Å². The maximum atomic E-state index is 12.0. The first kappa shape index (κ1) is 13.8. The summed E-state index contributed by atoms with van der Waals surface area (Å²) in [5.74, 6) is 0. The van der Waals surface area contributed by atoms with Crippen molar-refractivity contribution in [2.24, 2.45) is 0 Å². The fourth-order valence-corrected chi connectivity index (χ4v) is 1.55. The van der Waals surface area contributed by atoms with Gasteiger partial charge in [0.15, 0.2) is 0 Å². The van der Waals surface area contributed by atoms with Crippen molar-refractivity contribution in [2.45, 2.75) is 13.0 Å². The first-order valence-electron chi connectivity index (χ1n) is 5.34. The fourth-order valence-electron chi connectivity index (χ4n) is 1.42. The lowest BCUT2D eigenvalue weighted by Gasteiger charge is -2.27. The monoisotopic (exact) mass is 256 g/mol. The van der Waals surface area contributed by atoms with Crippen molar-refractivity contribution in [1.82, 2.24) is 4.90 Å². The largest absolute Gasteiger partial charge is 0.392 e. The second kappa shape index (κ2) is 5.89. The Kier molecular flexibility index (Phi) is 4.78. The molecule has 2 amide bonds. The van der Waals surface area contributed by atoms with Gasteiger partial charge in [-0.15, -0.1) is 0 Å². The van der Waals surface area contributed by atoms with Gasteiger partial charge in [-0.1, -0.05) is 11.6 Å². The Morgan fingerprint density at radius 2 is 1.88 bits per heavy atom. The van der Waals surface area contributed by atoms with E-state index in [2.05, 4.69) is 0 Å². The molecule has 0 spiro atoms. The number of benzene rings is 1. The standard InChI is InChI=1S/C12H17ClN2O2/c1-9(16)8-15(12(17)14(2)3)11-6-4-10(13)5-7-11/h4-7,9,16H,8H2,1-3H3. The van der Waals surface area contributed by atoms with Crippen LogP contribution in [0.4, 0.5) is 10.5 Å². The van der Waals surface area contributed by atoms with Crippen LogP contribution in [0.2, 0.25) is 5.02 Å². The zero-order chi connectivity index (χ0) is 13.0. The second-order valence-electron chi connectivity index (χ2n) is 4.11. The summed E-state index contributed by atoms with van der Waals surface area (Å²) in [6, 6.07) is 6.77. The molecule has 17 heavy (non-hydrogen) atoms. The summed E-state index contributed by atoms with van der Waals surface area (Å²) in [4.78, 5) is 15.0. The van der Waals surface area contributed by atoms with Gasteiger partial charge < -0.3 is 10.0 Å². The summed E-state index contributed by atoms with van der Waals surface area (Å²) in [6.07, 6.45) is -0.588. The maximum Gasteiger partial charge on any atom is 0.324 e. The number of rotatable bonds is 3. The van der Waals surface area contributed by atoms with E-state index in [0.717, 1.165) is 0 Å². The maximum absolute atomic E-state index is 12.0. The van der Waals surface area contributed by atoms with Crippen LogP contribution in [-0.4, -0.2) is 42.8 Å². The molecular formula is C12H17ClN2O2. The molecule has 0 bridgehead atoms. The van der Waals surface area contributed by atoms with Crippen molar-refractivity contribution in [3.63, 3.8) is 0 Å². The smallest absolute Gasteiger partial charge is 0.324 e. The van der Waals surface area contributed by atoms with E-state index < -0.39 is 6.10 Å². The number of hydrogen-bond acceptors (Lipinski definition) is 2. The molecule has 0 heterocycles. The molecule has 0 aromatic heterocycles. The Balaban J connectivity index is 2.97. The molecule has 1 aromatic rings. The number of amides is 2. The average molecular weight is 257 g/mol. The lowest BCUT2D eigenvalue weighted by Crippen LogP contribution is -2.42.